The van der Waals surface area contributed by atoms with Gasteiger partial charge in [0.1, 0.15) is 0 Å². The summed E-state index contributed by atoms with van der Waals surface area (Å²) in [5.41, 5.74) is 0. The molecule has 0 aromatic carbocycles. The average Bonchev–Trinajstić information content (AvgIpc) is 2.82. The second kappa shape index (κ2) is 6.90. The van der Waals surface area contributed by atoms with Crippen LogP contribution in [-0.4, -0.2) is 0 Å². The normalized spacial score (nSPS) is 13.5. The largest absolute Gasteiger partial charge is 0.140 e. The topological polar surface area (TPSA) is 0 Å². The first kappa shape index (κ1) is 15.1. The second-order valence-electron chi connectivity index (χ2n) is 6.27. The quantitative estimate of drug-likeness (QED) is 0.535. The fourth-order valence-corrected chi connectivity index (χ4v) is 4.89. The number of rotatable bonds is 7. The lowest BCUT2D eigenvalue weighted by atomic mass is 9.96. The van der Waals surface area contributed by atoms with Gasteiger partial charge in [-0.1, -0.05) is 40.0 Å². The lowest BCUT2D eigenvalue weighted by Crippen LogP contribution is -1.98. The molecular weight excluding hydrogens is 268 g/mol. The summed E-state index contributed by atoms with van der Waals surface area (Å²) in [6.07, 6.45) is 6.81. The summed E-state index contributed by atoms with van der Waals surface area (Å²) < 4.78 is 2.98. The highest BCUT2D eigenvalue weighted by Crippen LogP contribution is 2.33. The number of hydrogen-bond donors (Lipinski definition) is 0. The molecule has 0 spiro atoms. The van der Waals surface area contributed by atoms with E-state index in [9.17, 15) is 0 Å². The van der Waals surface area contributed by atoms with E-state index in [1.165, 1.54) is 46.4 Å². The van der Waals surface area contributed by atoms with Gasteiger partial charge in [0, 0.05) is 19.2 Å². The third kappa shape index (κ3) is 4.61. The zero-order valence-corrected chi connectivity index (χ0v) is 14.3. The standard InChI is InChI=1S/C17H26S2/c1-12(2)6-5-7-13(3)8-9-15-11-17-16(19-15)10-14(4)18-17/h10-13H,5-9H2,1-4H3. The van der Waals surface area contributed by atoms with Crippen LogP contribution in [0.25, 0.3) is 9.40 Å². The highest BCUT2D eigenvalue weighted by atomic mass is 32.1. The molecule has 0 amide bonds. The van der Waals surface area contributed by atoms with E-state index >= 15 is 0 Å². The van der Waals surface area contributed by atoms with Gasteiger partial charge in [-0.25, -0.2) is 0 Å². The summed E-state index contributed by atoms with van der Waals surface area (Å²) in [6.45, 7) is 9.27. The Morgan fingerprint density at radius 1 is 0.947 bits per heavy atom. The van der Waals surface area contributed by atoms with E-state index in [2.05, 4.69) is 39.8 Å². The van der Waals surface area contributed by atoms with Gasteiger partial charge in [-0.3, -0.25) is 0 Å². The number of fused-ring (bicyclic) bond motifs is 1. The molecule has 0 saturated carbocycles. The van der Waals surface area contributed by atoms with Crippen LogP contribution in [0.3, 0.4) is 0 Å². The summed E-state index contributed by atoms with van der Waals surface area (Å²) >= 11 is 3.93. The maximum atomic E-state index is 2.42. The van der Waals surface area contributed by atoms with Crippen molar-refractivity contribution in [2.75, 3.05) is 0 Å². The summed E-state index contributed by atoms with van der Waals surface area (Å²) in [6, 6.07) is 4.75. The van der Waals surface area contributed by atoms with Crippen LogP contribution in [0.4, 0.5) is 0 Å². The first-order valence-corrected chi connectivity index (χ1v) is 9.16. The number of aryl methyl sites for hydroxylation is 2. The Labute approximate surface area is 125 Å². The molecule has 106 valence electrons. The van der Waals surface area contributed by atoms with E-state index in [0.717, 1.165) is 11.8 Å². The summed E-state index contributed by atoms with van der Waals surface area (Å²) in [5, 5.41) is 0. The molecule has 0 aliphatic rings. The zero-order valence-electron chi connectivity index (χ0n) is 12.7. The Bertz CT molecular complexity index is 473. The molecule has 1 unspecified atom stereocenters. The van der Waals surface area contributed by atoms with Crippen LogP contribution in [0.2, 0.25) is 0 Å². The van der Waals surface area contributed by atoms with Gasteiger partial charge in [0.2, 0.25) is 0 Å². The highest BCUT2D eigenvalue weighted by molar-refractivity contribution is 7.27. The number of hydrogen-bond acceptors (Lipinski definition) is 2. The number of thiophene rings is 2. The summed E-state index contributed by atoms with van der Waals surface area (Å²) in [7, 11) is 0. The second-order valence-corrected chi connectivity index (χ2v) is 8.72. The van der Waals surface area contributed by atoms with E-state index in [1.807, 2.05) is 22.7 Å². The minimum Gasteiger partial charge on any atom is -0.140 e. The van der Waals surface area contributed by atoms with Gasteiger partial charge in [-0.05, 0) is 43.7 Å². The van der Waals surface area contributed by atoms with Crippen molar-refractivity contribution in [2.24, 2.45) is 11.8 Å². The molecule has 0 fully saturated rings. The molecule has 2 rings (SSSR count). The average molecular weight is 295 g/mol. The molecule has 0 aliphatic heterocycles. The molecular formula is C17H26S2. The SMILES string of the molecule is Cc1cc2sc(CCC(C)CCCC(C)C)cc2s1. The van der Waals surface area contributed by atoms with Gasteiger partial charge < -0.3 is 0 Å². The Kier molecular flexibility index (Phi) is 5.47. The Morgan fingerprint density at radius 3 is 2.37 bits per heavy atom. The lowest BCUT2D eigenvalue weighted by Gasteiger charge is -2.11. The fraction of sp³-hybridized carbons (Fsp3) is 0.647. The highest BCUT2D eigenvalue weighted by Gasteiger charge is 2.08. The Morgan fingerprint density at radius 2 is 1.68 bits per heavy atom. The van der Waals surface area contributed by atoms with Crippen molar-refractivity contribution in [1.82, 2.24) is 0 Å². The van der Waals surface area contributed by atoms with Crippen molar-refractivity contribution >= 4 is 32.1 Å². The van der Waals surface area contributed by atoms with Gasteiger partial charge in [-0.15, -0.1) is 22.7 Å². The first-order valence-electron chi connectivity index (χ1n) is 7.53. The van der Waals surface area contributed by atoms with Crippen molar-refractivity contribution < 1.29 is 0 Å². The predicted octanol–water partition coefficient (Wildman–Crippen LogP) is 6.67. The molecule has 2 aromatic heterocycles. The molecule has 0 aliphatic carbocycles. The van der Waals surface area contributed by atoms with Crippen LogP contribution in [0.15, 0.2) is 12.1 Å². The van der Waals surface area contributed by atoms with Crippen molar-refractivity contribution in [1.29, 1.82) is 0 Å². The van der Waals surface area contributed by atoms with Crippen molar-refractivity contribution in [3.63, 3.8) is 0 Å². The molecule has 19 heavy (non-hydrogen) atoms. The third-order valence-electron chi connectivity index (χ3n) is 3.74. The van der Waals surface area contributed by atoms with E-state index in [-0.39, 0.29) is 0 Å². The molecule has 0 bridgehead atoms. The van der Waals surface area contributed by atoms with Crippen molar-refractivity contribution in [3.8, 4) is 0 Å². The van der Waals surface area contributed by atoms with Crippen LogP contribution in [-0.2, 0) is 6.42 Å². The van der Waals surface area contributed by atoms with Crippen molar-refractivity contribution in [3.05, 3.63) is 21.9 Å². The third-order valence-corrected chi connectivity index (χ3v) is 6.01. The van der Waals surface area contributed by atoms with E-state index in [0.29, 0.717) is 0 Å². The van der Waals surface area contributed by atoms with Crippen LogP contribution in [0.1, 0.15) is 56.2 Å². The zero-order chi connectivity index (χ0) is 13.8. The van der Waals surface area contributed by atoms with E-state index in [4.69, 9.17) is 0 Å². The van der Waals surface area contributed by atoms with E-state index in [1.54, 1.807) is 4.88 Å². The minimum absolute atomic E-state index is 0.861. The lowest BCUT2D eigenvalue weighted by molar-refractivity contribution is 0.438. The molecule has 0 N–H and O–H groups in total. The molecule has 2 aromatic rings. The molecule has 2 heterocycles. The maximum absolute atomic E-state index is 2.42. The van der Waals surface area contributed by atoms with Crippen molar-refractivity contribution in [2.45, 2.75) is 59.8 Å². The van der Waals surface area contributed by atoms with Gasteiger partial charge in [-0.2, -0.15) is 0 Å². The Balaban J connectivity index is 1.76. The maximum Gasteiger partial charge on any atom is 0.0456 e. The molecule has 2 heteroatoms. The van der Waals surface area contributed by atoms with Gasteiger partial charge in [0.15, 0.2) is 0 Å². The first-order chi connectivity index (χ1) is 9.04. The van der Waals surface area contributed by atoms with Crippen LogP contribution in [0, 0.1) is 18.8 Å². The van der Waals surface area contributed by atoms with Crippen LogP contribution >= 0.6 is 22.7 Å². The minimum atomic E-state index is 0.861. The van der Waals surface area contributed by atoms with Crippen LogP contribution in [0.5, 0.6) is 0 Å². The summed E-state index contributed by atoms with van der Waals surface area (Å²) in [4.78, 5) is 3.02. The molecule has 0 nitrogen and oxygen atoms in total. The van der Waals surface area contributed by atoms with E-state index < -0.39 is 0 Å². The fourth-order valence-electron chi connectivity index (χ4n) is 2.54. The van der Waals surface area contributed by atoms with Crippen LogP contribution < -0.4 is 0 Å². The monoisotopic (exact) mass is 294 g/mol. The summed E-state index contributed by atoms with van der Waals surface area (Å²) in [5.74, 6) is 1.74. The van der Waals surface area contributed by atoms with Gasteiger partial charge >= 0.3 is 0 Å². The van der Waals surface area contributed by atoms with Gasteiger partial charge in [0.05, 0.1) is 0 Å². The van der Waals surface area contributed by atoms with Gasteiger partial charge in [0.25, 0.3) is 0 Å². The molecule has 0 radical (unpaired) electrons. The predicted molar refractivity (Wildman–Crippen MR) is 90.6 cm³/mol. The molecule has 0 saturated heterocycles. The smallest absolute Gasteiger partial charge is 0.0456 e. The Hall–Kier alpha value is -0.340. The molecule has 1 atom stereocenters.